The fourth-order valence-corrected chi connectivity index (χ4v) is 4.00. The first-order valence-electron chi connectivity index (χ1n) is 10.4. The van der Waals surface area contributed by atoms with Crippen molar-refractivity contribution in [3.05, 3.63) is 54.0 Å². The van der Waals surface area contributed by atoms with Crippen LogP contribution in [0.3, 0.4) is 0 Å². The third-order valence-corrected chi connectivity index (χ3v) is 5.67. The Morgan fingerprint density at radius 2 is 1.69 bits per heavy atom. The summed E-state index contributed by atoms with van der Waals surface area (Å²) < 4.78 is 13.1. The molecule has 154 valence electrons. The molecule has 6 nitrogen and oxygen atoms in total. The summed E-state index contributed by atoms with van der Waals surface area (Å²) in [5.74, 6) is 1.79. The monoisotopic (exact) mass is 396 g/mol. The molecule has 1 aromatic heterocycles. The molecule has 2 aliphatic rings. The van der Waals surface area contributed by atoms with Crippen LogP contribution in [0.15, 0.2) is 47.6 Å². The third-order valence-electron chi connectivity index (χ3n) is 5.67. The van der Waals surface area contributed by atoms with Crippen LogP contribution in [0, 0.1) is 5.82 Å². The van der Waals surface area contributed by atoms with Crippen LogP contribution in [0.4, 0.5) is 15.9 Å². The van der Waals surface area contributed by atoms with E-state index in [1.807, 2.05) is 25.4 Å². The van der Waals surface area contributed by atoms with Crippen molar-refractivity contribution in [2.24, 2.45) is 4.99 Å². The molecule has 29 heavy (non-hydrogen) atoms. The van der Waals surface area contributed by atoms with Crippen LogP contribution in [-0.4, -0.2) is 62.2 Å². The van der Waals surface area contributed by atoms with E-state index in [0.717, 1.165) is 62.3 Å². The van der Waals surface area contributed by atoms with E-state index in [1.54, 1.807) is 0 Å². The zero-order valence-corrected chi connectivity index (χ0v) is 17.0. The van der Waals surface area contributed by atoms with Crippen molar-refractivity contribution in [3.63, 3.8) is 0 Å². The van der Waals surface area contributed by atoms with E-state index >= 15 is 0 Å². The number of halogens is 1. The highest BCUT2D eigenvalue weighted by atomic mass is 19.1. The third kappa shape index (κ3) is 4.78. The number of guanidine groups is 1. The normalized spacial score (nSPS) is 17.7. The number of nitrogens with one attached hydrogen (secondary N) is 1. The Labute approximate surface area is 172 Å². The largest absolute Gasteiger partial charge is 0.368 e. The highest BCUT2D eigenvalue weighted by molar-refractivity contribution is 5.80. The van der Waals surface area contributed by atoms with Gasteiger partial charge in [-0.2, -0.15) is 0 Å². The topological polar surface area (TPSA) is 47.0 Å². The molecule has 0 bridgehead atoms. The summed E-state index contributed by atoms with van der Waals surface area (Å²) in [6.07, 6.45) is 4.48. The fourth-order valence-electron chi connectivity index (χ4n) is 4.00. The molecule has 2 saturated heterocycles. The van der Waals surface area contributed by atoms with Crippen LogP contribution in [0.25, 0.3) is 0 Å². The number of piperazine rings is 1. The number of anilines is 2. The lowest BCUT2D eigenvalue weighted by Crippen LogP contribution is -2.52. The molecule has 0 spiro atoms. The second kappa shape index (κ2) is 9.11. The van der Waals surface area contributed by atoms with Gasteiger partial charge in [-0.3, -0.25) is 4.99 Å². The second-order valence-electron chi connectivity index (χ2n) is 7.57. The van der Waals surface area contributed by atoms with Crippen molar-refractivity contribution in [2.75, 3.05) is 56.1 Å². The van der Waals surface area contributed by atoms with Gasteiger partial charge in [0.15, 0.2) is 5.96 Å². The van der Waals surface area contributed by atoms with Gasteiger partial charge in [-0.15, -0.1) is 0 Å². The number of aromatic nitrogens is 1. The Hall–Kier alpha value is -2.83. The average Bonchev–Trinajstić information content (AvgIpc) is 3.31. The van der Waals surface area contributed by atoms with Crippen LogP contribution in [0.2, 0.25) is 0 Å². The van der Waals surface area contributed by atoms with Gasteiger partial charge in [-0.1, -0.05) is 6.07 Å². The first-order chi connectivity index (χ1) is 14.2. The quantitative estimate of drug-likeness (QED) is 0.636. The number of nitrogens with zero attached hydrogens (tertiary/aromatic N) is 5. The zero-order valence-electron chi connectivity index (χ0n) is 17.0. The second-order valence-corrected chi connectivity index (χ2v) is 7.57. The molecule has 2 fully saturated rings. The molecule has 1 aromatic carbocycles. The molecule has 0 aliphatic carbocycles. The standard InChI is InChI=1S/C22H29FN6/c1-24-22(26-17-18-4-9-21(25-16-18)28-10-2-3-11-28)29-14-12-27(13-15-29)20-7-5-19(23)6-8-20/h4-9,16H,2-3,10-15,17H2,1H3,(H,24,26). The summed E-state index contributed by atoms with van der Waals surface area (Å²) >= 11 is 0. The van der Waals surface area contributed by atoms with E-state index in [0.29, 0.717) is 6.54 Å². The molecular formula is C22H29FN6. The Morgan fingerprint density at radius 1 is 0.966 bits per heavy atom. The molecule has 0 amide bonds. The molecule has 0 atom stereocenters. The number of pyridine rings is 1. The van der Waals surface area contributed by atoms with Crippen molar-refractivity contribution < 1.29 is 4.39 Å². The lowest BCUT2D eigenvalue weighted by atomic mass is 10.2. The van der Waals surface area contributed by atoms with Crippen molar-refractivity contribution in [1.29, 1.82) is 0 Å². The van der Waals surface area contributed by atoms with Gasteiger partial charge in [-0.25, -0.2) is 9.37 Å². The van der Waals surface area contributed by atoms with Crippen LogP contribution in [0.1, 0.15) is 18.4 Å². The number of benzene rings is 1. The van der Waals surface area contributed by atoms with Crippen molar-refractivity contribution in [3.8, 4) is 0 Å². The molecule has 7 heteroatoms. The van der Waals surface area contributed by atoms with Crippen LogP contribution in [0.5, 0.6) is 0 Å². The van der Waals surface area contributed by atoms with Crippen molar-refractivity contribution >= 4 is 17.5 Å². The molecule has 2 aromatic rings. The maximum absolute atomic E-state index is 13.1. The molecule has 0 saturated carbocycles. The van der Waals surface area contributed by atoms with Crippen molar-refractivity contribution in [2.45, 2.75) is 19.4 Å². The summed E-state index contributed by atoms with van der Waals surface area (Å²) in [5, 5.41) is 3.46. The van der Waals surface area contributed by atoms with E-state index in [-0.39, 0.29) is 5.82 Å². The molecular weight excluding hydrogens is 367 g/mol. The summed E-state index contributed by atoms with van der Waals surface area (Å²) in [6.45, 7) is 6.46. The minimum absolute atomic E-state index is 0.194. The predicted octanol–water partition coefficient (Wildman–Crippen LogP) is 2.72. The summed E-state index contributed by atoms with van der Waals surface area (Å²) in [7, 11) is 1.82. The van der Waals surface area contributed by atoms with Crippen LogP contribution >= 0.6 is 0 Å². The van der Waals surface area contributed by atoms with Crippen molar-refractivity contribution in [1.82, 2.24) is 15.2 Å². The summed E-state index contributed by atoms with van der Waals surface area (Å²) in [6, 6.07) is 11.0. The highest BCUT2D eigenvalue weighted by Crippen LogP contribution is 2.18. The summed E-state index contributed by atoms with van der Waals surface area (Å²) in [4.78, 5) is 16.0. The van der Waals surface area contributed by atoms with Gasteiger partial charge in [0.25, 0.3) is 0 Å². The maximum Gasteiger partial charge on any atom is 0.194 e. The van der Waals surface area contributed by atoms with E-state index in [9.17, 15) is 4.39 Å². The Kier molecular flexibility index (Phi) is 6.12. The smallest absolute Gasteiger partial charge is 0.194 e. The van der Waals surface area contributed by atoms with Gasteiger partial charge in [0.1, 0.15) is 11.6 Å². The Morgan fingerprint density at radius 3 is 2.31 bits per heavy atom. The Balaban J connectivity index is 1.28. The van der Waals surface area contributed by atoms with E-state index in [4.69, 9.17) is 0 Å². The van der Waals surface area contributed by atoms with E-state index < -0.39 is 0 Å². The van der Waals surface area contributed by atoms with E-state index in [2.05, 4.69) is 42.1 Å². The first kappa shape index (κ1) is 19.5. The number of hydrogen-bond donors (Lipinski definition) is 1. The molecule has 0 unspecified atom stereocenters. The van der Waals surface area contributed by atoms with Crippen LogP contribution < -0.4 is 15.1 Å². The minimum atomic E-state index is -0.194. The molecule has 4 rings (SSSR count). The van der Waals surface area contributed by atoms with Gasteiger partial charge >= 0.3 is 0 Å². The number of aliphatic imine (C=N–C) groups is 1. The number of hydrogen-bond acceptors (Lipinski definition) is 4. The fraction of sp³-hybridized carbons (Fsp3) is 0.455. The lowest BCUT2D eigenvalue weighted by molar-refractivity contribution is 0.372. The SMILES string of the molecule is CN=C(NCc1ccc(N2CCCC2)nc1)N1CCN(c2ccc(F)cc2)CC1. The van der Waals surface area contributed by atoms with Crippen LogP contribution in [-0.2, 0) is 6.54 Å². The maximum atomic E-state index is 13.1. The van der Waals surface area contributed by atoms with Gasteiger partial charge in [0, 0.05) is 64.7 Å². The average molecular weight is 397 g/mol. The predicted molar refractivity (Wildman–Crippen MR) is 116 cm³/mol. The van der Waals surface area contributed by atoms with E-state index in [1.165, 1.54) is 25.0 Å². The lowest BCUT2D eigenvalue weighted by Gasteiger charge is -2.37. The molecule has 1 N–H and O–H groups in total. The highest BCUT2D eigenvalue weighted by Gasteiger charge is 2.20. The molecule has 3 heterocycles. The summed E-state index contributed by atoms with van der Waals surface area (Å²) in [5.41, 5.74) is 2.22. The first-order valence-corrected chi connectivity index (χ1v) is 10.4. The van der Waals surface area contributed by atoms with Gasteiger partial charge < -0.3 is 20.0 Å². The Bertz CT molecular complexity index is 806. The minimum Gasteiger partial charge on any atom is -0.368 e. The number of rotatable bonds is 4. The van der Waals surface area contributed by atoms with Gasteiger partial charge in [0.05, 0.1) is 0 Å². The van der Waals surface area contributed by atoms with Gasteiger partial charge in [0.2, 0.25) is 0 Å². The van der Waals surface area contributed by atoms with Gasteiger partial charge in [-0.05, 0) is 48.7 Å². The molecule has 2 aliphatic heterocycles. The zero-order chi connectivity index (χ0) is 20.1. The molecule has 0 radical (unpaired) electrons.